The summed E-state index contributed by atoms with van der Waals surface area (Å²) in [4.78, 5) is 3.86. The van der Waals surface area contributed by atoms with Crippen molar-refractivity contribution in [1.82, 2.24) is 4.98 Å². The Morgan fingerprint density at radius 3 is 2.57 bits per heavy atom. The van der Waals surface area contributed by atoms with Gasteiger partial charge in [-0.1, -0.05) is 18.2 Å². The summed E-state index contributed by atoms with van der Waals surface area (Å²) in [5.41, 5.74) is -0.708. The van der Waals surface area contributed by atoms with Crippen LogP contribution in [0.1, 0.15) is 12.0 Å². The predicted molar refractivity (Wildman–Crippen MR) is 74.3 cm³/mol. The summed E-state index contributed by atoms with van der Waals surface area (Å²) in [7, 11) is 0. The molecule has 1 heterocycles. The number of aromatic nitrogens is 1. The van der Waals surface area contributed by atoms with Gasteiger partial charge in [0, 0.05) is 12.7 Å². The molecule has 0 fully saturated rings. The fourth-order valence-electron chi connectivity index (χ4n) is 1.70. The van der Waals surface area contributed by atoms with Crippen molar-refractivity contribution in [2.75, 3.05) is 18.5 Å². The second-order valence-corrected chi connectivity index (χ2v) is 4.37. The van der Waals surface area contributed by atoms with Crippen LogP contribution in [0.15, 0.2) is 48.7 Å². The van der Waals surface area contributed by atoms with Crippen LogP contribution in [-0.4, -0.2) is 18.1 Å². The average molecular weight is 296 g/mol. The molecule has 112 valence electrons. The molecule has 2 rings (SSSR count). The Morgan fingerprint density at radius 2 is 1.86 bits per heavy atom. The lowest BCUT2D eigenvalue weighted by atomic mass is 10.2. The van der Waals surface area contributed by atoms with E-state index in [2.05, 4.69) is 10.3 Å². The maximum absolute atomic E-state index is 12.5. The van der Waals surface area contributed by atoms with Gasteiger partial charge in [-0.05, 0) is 30.7 Å². The van der Waals surface area contributed by atoms with Gasteiger partial charge in [0.2, 0.25) is 0 Å². The molecule has 0 aliphatic heterocycles. The number of halogens is 3. The highest BCUT2D eigenvalue weighted by molar-refractivity contribution is 5.38. The highest BCUT2D eigenvalue weighted by Gasteiger charge is 2.30. The number of ether oxygens (including phenoxy) is 1. The fourth-order valence-corrected chi connectivity index (χ4v) is 1.70. The predicted octanol–water partition coefficient (Wildman–Crippen LogP) is 3.98. The normalized spacial score (nSPS) is 11.2. The van der Waals surface area contributed by atoms with Crippen molar-refractivity contribution >= 4 is 5.82 Å². The number of benzene rings is 1. The monoisotopic (exact) mass is 296 g/mol. The summed E-state index contributed by atoms with van der Waals surface area (Å²) in [5, 5.41) is 2.85. The molecule has 0 saturated heterocycles. The molecule has 0 atom stereocenters. The standard InChI is InChI=1S/C15H15F3N2O/c16-15(17,18)12-7-9-20-14(11-12)19-8-4-10-21-13-5-2-1-3-6-13/h1-3,5-7,9,11H,4,8,10H2,(H,19,20). The van der Waals surface area contributed by atoms with Crippen molar-refractivity contribution in [2.45, 2.75) is 12.6 Å². The Kier molecular flexibility index (Phi) is 5.03. The topological polar surface area (TPSA) is 34.2 Å². The van der Waals surface area contributed by atoms with Crippen LogP contribution in [0.5, 0.6) is 5.75 Å². The Labute approximate surface area is 120 Å². The van der Waals surface area contributed by atoms with Gasteiger partial charge in [0.25, 0.3) is 0 Å². The van der Waals surface area contributed by atoms with Crippen LogP contribution < -0.4 is 10.1 Å². The van der Waals surface area contributed by atoms with E-state index in [1.807, 2.05) is 30.3 Å². The Morgan fingerprint density at radius 1 is 1.10 bits per heavy atom. The van der Waals surface area contributed by atoms with E-state index in [9.17, 15) is 13.2 Å². The van der Waals surface area contributed by atoms with Gasteiger partial charge in [0.05, 0.1) is 12.2 Å². The third-order valence-electron chi connectivity index (χ3n) is 2.73. The van der Waals surface area contributed by atoms with E-state index < -0.39 is 11.7 Å². The largest absolute Gasteiger partial charge is 0.494 e. The van der Waals surface area contributed by atoms with Gasteiger partial charge in [-0.3, -0.25) is 0 Å². The molecule has 1 aromatic carbocycles. The van der Waals surface area contributed by atoms with Crippen molar-refractivity contribution in [1.29, 1.82) is 0 Å². The van der Waals surface area contributed by atoms with E-state index in [-0.39, 0.29) is 5.82 Å². The lowest BCUT2D eigenvalue weighted by molar-refractivity contribution is -0.137. The third kappa shape index (κ3) is 4.98. The van der Waals surface area contributed by atoms with Crippen LogP contribution in [0.25, 0.3) is 0 Å². The Bertz CT molecular complexity index is 558. The number of alkyl halides is 3. The minimum absolute atomic E-state index is 0.213. The lowest BCUT2D eigenvalue weighted by Gasteiger charge is -2.10. The third-order valence-corrected chi connectivity index (χ3v) is 2.73. The van der Waals surface area contributed by atoms with E-state index in [4.69, 9.17) is 4.74 Å². The summed E-state index contributed by atoms with van der Waals surface area (Å²) in [6, 6.07) is 11.3. The van der Waals surface area contributed by atoms with Crippen LogP contribution in [0.3, 0.4) is 0 Å². The first kappa shape index (κ1) is 15.2. The van der Waals surface area contributed by atoms with Crippen molar-refractivity contribution < 1.29 is 17.9 Å². The molecule has 2 aromatic rings. The molecule has 0 bridgehead atoms. The number of pyridine rings is 1. The maximum atomic E-state index is 12.5. The lowest BCUT2D eigenvalue weighted by Crippen LogP contribution is -2.10. The number of nitrogens with zero attached hydrogens (tertiary/aromatic N) is 1. The molecule has 3 nitrogen and oxygen atoms in total. The van der Waals surface area contributed by atoms with Crippen molar-refractivity contribution in [3.05, 3.63) is 54.2 Å². The molecule has 0 saturated carbocycles. The fraction of sp³-hybridized carbons (Fsp3) is 0.267. The minimum Gasteiger partial charge on any atom is -0.494 e. The van der Waals surface area contributed by atoms with Gasteiger partial charge < -0.3 is 10.1 Å². The smallest absolute Gasteiger partial charge is 0.416 e. The molecule has 0 unspecified atom stereocenters. The second kappa shape index (κ2) is 6.97. The van der Waals surface area contributed by atoms with Crippen molar-refractivity contribution in [3.63, 3.8) is 0 Å². The molecule has 0 aliphatic rings. The molecule has 0 amide bonds. The van der Waals surface area contributed by atoms with Crippen LogP contribution in [0.2, 0.25) is 0 Å². The first-order chi connectivity index (χ1) is 10.1. The number of para-hydroxylation sites is 1. The zero-order valence-electron chi connectivity index (χ0n) is 11.2. The summed E-state index contributed by atoms with van der Waals surface area (Å²) in [6.45, 7) is 0.969. The van der Waals surface area contributed by atoms with Crippen molar-refractivity contribution in [2.24, 2.45) is 0 Å². The minimum atomic E-state index is -4.35. The molecular weight excluding hydrogens is 281 g/mol. The van der Waals surface area contributed by atoms with E-state index in [0.717, 1.165) is 24.1 Å². The highest BCUT2D eigenvalue weighted by atomic mass is 19.4. The maximum Gasteiger partial charge on any atom is 0.416 e. The molecule has 0 spiro atoms. The number of rotatable bonds is 6. The van der Waals surface area contributed by atoms with Gasteiger partial charge in [0.1, 0.15) is 11.6 Å². The van der Waals surface area contributed by atoms with Crippen LogP contribution >= 0.6 is 0 Å². The number of hydrogen-bond donors (Lipinski definition) is 1. The zero-order valence-corrected chi connectivity index (χ0v) is 11.2. The molecule has 6 heteroatoms. The Hall–Kier alpha value is -2.24. The van der Waals surface area contributed by atoms with E-state index >= 15 is 0 Å². The summed E-state index contributed by atoms with van der Waals surface area (Å²) >= 11 is 0. The van der Waals surface area contributed by atoms with Gasteiger partial charge in [-0.2, -0.15) is 13.2 Å². The van der Waals surface area contributed by atoms with Gasteiger partial charge in [-0.15, -0.1) is 0 Å². The molecule has 21 heavy (non-hydrogen) atoms. The summed E-state index contributed by atoms with van der Waals surface area (Å²) < 4.78 is 43.1. The number of nitrogens with one attached hydrogen (secondary N) is 1. The SMILES string of the molecule is FC(F)(F)c1ccnc(NCCCOc2ccccc2)c1. The molecule has 0 aliphatic carbocycles. The first-order valence-corrected chi connectivity index (χ1v) is 6.51. The molecule has 1 aromatic heterocycles. The number of hydrogen-bond acceptors (Lipinski definition) is 3. The Balaban J connectivity index is 1.74. The van der Waals surface area contributed by atoms with Crippen LogP contribution in [-0.2, 0) is 6.18 Å². The average Bonchev–Trinajstić information content (AvgIpc) is 2.47. The van der Waals surface area contributed by atoms with Crippen LogP contribution in [0, 0.1) is 0 Å². The number of anilines is 1. The van der Waals surface area contributed by atoms with Crippen molar-refractivity contribution in [3.8, 4) is 5.75 Å². The molecule has 0 radical (unpaired) electrons. The zero-order chi connectivity index (χ0) is 15.1. The van der Waals surface area contributed by atoms with Gasteiger partial charge >= 0.3 is 6.18 Å². The van der Waals surface area contributed by atoms with E-state index in [0.29, 0.717) is 19.6 Å². The highest BCUT2D eigenvalue weighted by Crippen LogP contribution is 2.29. The van der Waals surface area contributed by atoms with Gasteiger partial charge in [-0.25, -0.2) is 4.98 Å². The molecule has 1 N–H and O–H groups in total. The van der Waals surface area contributed by atoms with Gasteiger partial charge in [0.15, 0.2) is 0 Å². The van der Waals surface area contributed by atoms with E-state index in [1.165, 1.54) is 0 Å². The molecular formula is C15H15F3N2O. The van der Waals surface area contributed by atoms with E-state index in [1.54, 1.807) is 0 Å². The summed E-state index contributed by atoms with van der Waals surface area (Å²) in [6.07, 6.45) is -2.55. The van der Waals surface area contributed by atoms with Crippen LogP contribution in [0.4, 0.5) is 19.0 Å². The second-order valence-electron chi connectivity index (χ2n) is 4.37. The summed E-state index contributed by atoms with van der Waals surface area (Å²) in [5.74, 6) is 0.985. The first-order valence-electron chi connectivity index (χ1n) is 6.51. The quantitative estimate of drug-likeness (QED) is 0.819.